The Morgan fingerprint density at radius 1 is 1.28 bits per heavy atom. The van der Waals surface area contributed by atoms with Gasteiger partial charge in [0.1, 0.15) is 11.6 Å². The van der Waals surface area contributed by atoms with Gasteiger partial charge in [-0.3, -0.25) is 9.36 Å². The normalized spacial score (nSPS) is 10.7. The van der Waals surface area contributed by atoms with E-state index in [1.165, 1.54) is 23.1 Å². The van der Waals surface area contributed by atoms with Crippen LogP contribution in [0.15, 0.2) is 53.2 Å². The summed E-state index contributed by atoms with van der Waals surface area (Å²) in [7, 11) is 1.63. The van der Waals surface area contributed by atoms with Crippen molar-refractivity contribution in [2.24, 2.45) is 0 Å². The number of nitrogens with zero attached hydrogens (tertiary/aromatic N) is 3. The molecule has 0 fully saturated rings. The van der Waals surface area contributed by atoms with Crippen molar-refractivity contribution in [2.45, 2.75) is 18.5 Å². The molecule has 9 heteroatoms. The number of amides is 1. The first kappa shape index (κ1) is 21.4. The number of methoxy groups -OCH3 is 1. The standard InChI is InChI=1S/C20H21ClN4O2S2/c1-13(21)12-28-20-24-23-18(25(20)15-5-7-16(27-3)8-6-15)10-11-22-19(26)17-9-4-14(2)29-17/h4-9H,1,10-12H2,2-3H3,(H,22,26). The number of aromatic nitrogens is 3. The number of hydrogen-bond donors (Lipinski definition) is 1. The lowest BCUT2D eigenvalue weighted by Crippen LogP contribution is -2.25. The van der Waals surface area contributed by atoms with Crippen LogP contribution in [0.5, 0.6) is 5.75 Å². The summed E-state index contributed by atoms with van der Waals surface area (Å²) in [6, 6.07) is 11.4. The Hall–Kier alpha value is -2.29. The molecule has 29 heavy (non-hydrogen) atoms. The molecule has 0 radical (unpaired) electrons. The third-order valence-corrected chi connectivity index (χ3v) is 6.29. The van der Waals surface area contributed by atoms with Crippen molar-refractivity contribution in [2.75, 3.05) is 19.4 Å². The molecule has 0 saturated heterocycles. The Labute approximate surface area is 182 Å². The van der Waals surface area contributed by atoms with E-state index in [2.05, 4.69) is 22.1 Å². The van der Waals surface area contributed by atoms with Crippen LogP contribution in [-0.2, 0) is 6.42 Å². The average molecular weight is 449 g/mol. The van der Waals surface area contributed by atoms with Gasteiger partial charge in [0.2, 0.25) is 0 Å². The van der Waals surface area contributed by atoms with E-state index in [0.717, 1.165) is 22.1 Å². The zero-order valence-electron chi connectivity index (χ0n) is 16.1. The maximum atomic E-state index is 12.3. The molecular weight excluding hydrogens is 428 g/mol. The number of carbonyl (C=O) groups excluding carboxylic acids is 1. The first-order valence-corrected chi connectivity index (χ1v) is 11.1. The number of benzene rings is 1. The smallest absolute Gasteiger partial charge is 0.261 e. The molecule has 0 aliphatic carbocycles. The van der Waals surface area contributed by atoms with Crippen LogP contribution in [0.25, 0.3) is 5.69 Å². The number of thiophene rings is 1. The molecule has 152 valence electrons. The van der Waals surface area contributed by atoms with Crippen LogP contribution in [-0.4, -0.2) is 40.1 Å². The topological polar surface area (TPSA) is 69.0 Å². The molecule has 0 bridgehead atoms. The number of carbonyl (C=O) groups is 1. The van der Waals surface area contributed by atoms with Crippen LogP contribution in [0.1, 0.15) is 20.4 Å². The van der Waals surface area contributed by atoms with Crippen LogP contribution in [0, 0.1) is 6.92 Å². The summed E-state index contributed by atoms with van der Waals surface area (Å²) in [4.78, 5) is 14.1. The highest BCUT2D eigenvalue weighted by Crippen LogP contribution is 2.25. The van der Waals surface area contributed by atoms with Gasteiger partial charge in [0, 0.05) is 34.3 Å². The molecule has 1 amide bonds. The number of thioether (sulfide) groups is 1. The van der Waals surface area contributed by atoms with Gasteiger partial charge in [0.15, 0.2) is 5.16 Å². The number of ether oxygens (including phenoxy) is 1. The Morgan fingerprint density at radius 2 is 2.03 bits per heavy atom. The van der Waals surface area contributed by atoms with Crippen LogP contribution in [0.3, 0.4) is 0 Å². The quantitative estimate of drug-likeness (QED) is 0.489. The molecular formula is C20H21ClN4O2S2. The molecule has 0 saturated carbocycles. The van der Waals surface area contributed by atoms with Gasteiger partial charge in [-0.2, -0.15) is 0 Å². The van der Waals surface area contributed by atoms with Crippen molar-refractivity contribution < 1.29 is 9.53 Å². The average Bonchev–Trinajstić information content (AvgIpc) is 3.32. The molecule has 3 rings (SSSR count). The second-order valence-corrected chi connectivity index (χ2v) is 8.92. The maximum Gasteiger partial charge on any atom is 0.261 e. The molecule has 0 unspecified atom stereocenters. The fraction of sp³-hybridized carbons (Fsp3) is 0.250. The summed E-state index contributed by atoms with van der Waals surface area (Å²) in [5.41, 5.74) is 0.911. The lowest BCUT2D eigenvalue weighted by atomic mass is 10.3. The molecule has 1 N–H and O–H groups in total. The van der Waals surface area contributed by atoms with Gasteiger partial charge in [-0.05, 0) is 43.3 Å². The van der Waals surface area contributed by atoms with Crippen molar-refractivity contribution in [1.29, 1.82) is 0 Å². The Bertz CT molecular complexity index is 998. The van der Waals surface area contributed by atoms with Gasteiger partial charge in [-0.1, -0.05) is 29.9 Å². The molecule has 0 aliphatic heterocycles. The second kappa shape index (κ2) is 9.96. The van der Waals surface area contributed by atoms with Crippen LogP contribution in [0.4, 0.5) is 0 Å². The third-order valence-electron chi connectivity index (χ3n) is 3.99. The van der Waals surface area contributed by atoms with Crippen molar-refractivity contribution in [3.05, 3.63) is 63.6 Å². The van der Waals surface area contributed by atoms with Gasteiger partial charge in [0.25, 0.3) is 5.91 Å². The monoisotopic (exact) mass is 448 g/mol. The number of rotatable bonds is 9. The van der Waals surface area contributed by atoms with Crippen LogP contribution in [0.2, 0.25) is 0 Å². The van der Waals surface area contributed by atoms with Gasteiger partial charge >= 0.3 is 0 Å². The Kier molecular flexibility index (Phi) is 7.35. The molecule has 0 aliphatic rings. The van der Waals surface area contributed by atoms with E-state index in [1.54, 1.807) is 7.11 Å². The van der Waals surface area contributed by atoms with E-state index in [9.17, 15) is 4.79 Å². The lowest BCUT2D eigenvalue weighted by Gasteiger charge is -2.11. The highest BCUT2D eigenvalue weighted by molar-refractivity contribution is 7.99. The fourth-order valence-corrected chi connectivity index (χ4v) is 4.29. The Morgan fingerprint density at radius 3 is 2.66 bits per heavy atom. The first-order chi connectivity index (χ1) is 14.0. The molecule has 2 heterocycles. The zero-order chi connectivity index (χ0) is 20.8. The molecule has 6 nitrogen and oxygen atoms in total. The predicted molar refractivity (Wildman–Crippen MR) is 119 cm³/mol. The molecule has 2 aromatic heterocycles. The van der Waals surface area contributed by atoms with E-state index in [1.807, 2.05) is 47.9 Å². The van der Waals surface area contributed by atoms with Crippen molar-refractivity contribution in [3.63, 3.8) is 0 Å². The van der Waals surface area contributed by atoms with Crippen molar-refractivity contribution >= 4 is 40.6 Å². The summed E-state index contributed by atoms with van der Waals surface area (Å²) in [5, 5.41) is 12.8. The first-order valence-electron chi connectivity index (χ1n) is 8.87. The van der Waals surface area contributed by atoms with Gasteiger partial charge in [-0.15, -0.1) is 21.5 Å². The number of halogens is 1. The minimum Gasteiger partial charge on any atom is -0.497 e. The van der Waals surface area contributed by atoms with Gasteiger partial charge < -0.3 is 10.1 Å². The highest BCUT2D eigenvalue weighted by atomic mass is 35.5. The summed E-state index contributed by atoms with van der Waals surface area (Å²) in [5.74, 6) is 1.97. The minimum absolute atomic E-state index is 0.0772. The van der Waals surface area contributed by atoms with Crippen molar-refractivity contribution in [3.8, 4) is 11.4 Å². The number of hydrogen-bond acceptors (Lipinski definition) is 6. The summed E-state index contributed by atoms with van der Waals surface area (Å²) in [6.07, 6.45) is 0.539. The number of nitrogens with one attached hydrogen (secondary N) is 1. The van der Waals surface area contributed by atoms with Crippen LogP contribution >= 0.6 is 34.7 Å². The maximum absolute atomic E-state index is 12.3. The minimum atomic E-state index is -0.0772. The fourth-order valence-electron chi connectivity index (χ4n) is 2.62. The largest absolute Gasteiger partial charge is 0.497 e. The van der Waals surface area contributed by atoms with E-state index >= 15 is 0 Å². The molecule has 3 aromatic rings. The van der Waals surface area contributed by atoms with Gasteiger partial charge in [-0.25, -0.2) is 0 Å². The zero-order valence-corrected chi connectivity index (χ0v) is 18.5. The van der Waals surface area contributed by atoms with Crippen LogP contribution < -0.4 is 10.1 Å². The predicted octanol–water partition coefficient (Wildman–Crippen LogP) is 4.46. The van der Waals surface area contributed by atoms with Crippen molar-refractivity contribution in [1.82, 2.24) is 20.1 Å². The summed E-state index contributed by atoms with van der Waals surface area (Å²) < 4.78 is 7.20. The summed E-state index contributed by atoms with van der Waals surface area (Å²) in [6.45, 7) is 6.16. The van der Waals surface area contributed by atoms with Gasteiger partial charge in [0.05, 0.1) is 12.0 Å². The molecule has 0 spiro atoms. The lowest BCUT2D eigenvalue weighted by molar-refractivity contribution is 0.0958. The third kappa shape index (κ3) is 5.62. The SMILES string of the molecule is C=C(Cl)CSc1nnc(CCNC(=O)c2ccc(C)s2)n1-c1ccc(OC)cc1. The molecule has 1 aromatic carbocycles. The Balaban J connectivity index is 1.76. The highest BCUT2D eigenvalue weighted by Gasteiger charge is 2.16. The van der Waals surface area contributed by atoms with E-state index in [-0.39, 0.29) is 5.91 Å². The number of aryl methyl sites for hydroxylation is 1. The van der Waals surface area contributed by atoms with E-state index < -0.39 is 0 Å². The molecule has 0 atom stereocenters. The van der Waals surface area contributed by atoms with E-state index in [4.69, 9.17) is 16.3 Å². The van der Waals surface area contributed by atoms with E-state index in [0.29, 0.717) is 33.8 Å². The second-order valence-electron chi connectivity index (χ2n) is 6.15. The summed E-state index contributed by atoms with van der Waals surface area (Å²) >= 11 is 8.85.